The number of rotatable bonds is 3. The molecule has 0 atom stereocenters. The molecular weight excluding hydrogens is 430 g/mol. The van der Waals surface area contributed by atoms with E-state index in [1.165, 1.54) is 18.2 Å². The van der Waals surface area contributed by atoms with E-state index in [4.69, 9.17) is 28.4 Å². The molecule has 2 nitrogen and oxygen atoms in total. The molecule has 0 saturated heterocycles. The van der Waals surface area contributed by atoms with Crippen molar-refractivity contribution < 1.29 is 18.4 Å². The van der Waals surface area contributed by atoms with Crippen molar-refractivity contribution in [3.63, 3.8) is 0 Å². The van der Waals surface area contributed by atoms with Crippen molar-refractivity contribution in [1.29, 1.82) is 0 Å². The molecule has 0 fully saturated rings. The van der Waals surface area contributed by atoms with Gasteiger partial charge < -0.3 is 5.21 Å². The minimum atomic E-state index is -4.70. The standard InChI is InChI=1S/C16H9BrCl2F3NO/c17-11-3-1-9(2-4-11)15(23-24)8-14(16(20,21)22)10-5-12(18)7-13(19)6-10/h1-8,24H/b14-8+,23-15-. The second kappa shape index (κ2) is 7.59. The zero-order chi connectivity index (χ0) is 17.9. The lowest BCUT2D eigenvalue weighted by molar-refractivity contribution is -0.0688. The van der Waals surface area contributed by atoms with Crippen LogP contribution in [0.25, 0.3) is 5.57 Å². The molecule has 0 aliphatic heterocycles. The van der Waals surface area contributed by atoms with Gasteiger partial charge in [-0.15, -0.1) is 0 Å². The van der Waals surface area contributed by atoms with Crippen molar-refractivity contribution >= 4 is 50.4 Å². The van der Waals surface area contributed by atoms with Crippen molar-refractivity contribution in [3.8, 4) is 0 Å². The van der Waals surface area contributed by atoms with Crippen LogP contribution in [0.15, 0.2) is 58.2 Å². The Morgan fingerprint density at radius 3 is 2.00 bits per heavy atom. The lowest BCUT2D eigenvalue weighted by Crippen LogP contribution is -2.13. The topological polar surface area (TPSA) is 32.6 Å². The first kappa shape index (κ1) is 18.8. The predicted molar refractivity (Wildman–Crippen MR) is 93.0 cm³/mol. The summed E-state index contributed by atoms with van der Waals surface area (Å²) in [4.78, 5) is 0. The first-order chi connectivity index (χ1) is 11.2. The van der Waals surface area contributed by atoms with Crippen LogP contribution in [-0.2, 0) is 0 Å². The molecule has 2 aromatic carbocycles. The predicted octanol–water partition coefficient (Wildman–Crippen LogP) is 6.58. The molecule has 0 radical (unpaired) electrons. The van der Waals surface area contributed by atoms with Crippen LogP contribution in [-0.4, -0.2) is 17.1 Å². The maximum atomic E-state index is 13.4. The van der Waals surface area contributed by atoms with E-state index in [0.717, 1.165) is 22.7 Å². The zero-order valence-corrected chi connectivity index (χ0v) is 14.9. The van der Waals surface area contributed by atoms with Gasteiger partial charge in [-0.2, -0.15) is 13.2 Å². The maximum Gasteiger partial charge on any atom is 0.417 e. The first-order valence-electron chi connectivity index (χ1n) is 6.44. The molecule has 2 aromatic rings. The molecule has 1 N–H and O–H groups in total. The summed E-state index contributed by atoms with van der Waals surface area (Å²) in [6.07, 6.45) is -3.95. The first-order valence-corrected chi connectivity index (χ1v) is 7.99. The van der Waals surface area contributed by atoms with Gasteiger partial charge in [-0.3, -0.25) is 0 Å². The Bertz CT molecular complexity index is 782. The summed E-state index contributed by atoms with van der Waals surface area (Å²) in [5.74, 6) is 0. The number of halogens is 6. The van der Waals surface area contributed by atoms with Crippen molar-refractivity contribution in [2.75, 3.05) is 0 Å². The minimum Gasteiger partial charge on any atom is -0.410 e. The lowest BCUT2D eigenvalue weighted by Gasteiger charge is -2.13. The number of benzene rings is 2. The van der Waals surface area contributed by atoms with Gasteiger partial charge in [0.2, 0.25) is 0 Å². The van der Waals surface area contributed by atoms with Crippen LogP contribution >= 0.6 is 39.1 Å². The van der Waals surface area contributed by atoms with Crippen LogP contribution in [0.5, 0.6) is 0 Å². The molecule has 0 amide bonds. The highest BCUT2D eigenvalue weighted by molar-refractivity contribution is 9.10. The summed E-state index contributed by atoms with van der Waals surface area (Å²) in [5.41, 5.74) is -1.18. The van der Waals surface area contributed by atoms with E-state index < -0.39 is 11.7 Å². The zero-order valence-electron chi connectivity index (χ0n) is 11.8. The largest absolute Gasteiger partial charge is 0.417 e. The molecule has 0 aromatic heterocycles. The van der Waals surface area contributed by atoms with Crippen LogP contribution in [0.1, 0.15) is 11.1 Å². The van der Waals surface area contributed by atoms with Gasteiger partial charge in [0.1, 0.15) is 5.71 Å². The van der Waals surface area contributed by atoms with E-state index in [1.807, 2.05) is 0 Å². The van der Waals surface area contributed by atoms with Crippen LogP contribution in [0.4, 0.5) is 13.2 Å². The van der Waals surface area contributed by atoms with Gasteiger partial charge in [0.05, 0.1) is 5.57 Å². The summed E-state index contributed by atoms with van der Waals surface area (Å²) in [6.45, 7) is 0. The molecule has 2 rings (SSSR count). The smallest absolute Gasteiger partial charge is 0.410 e. The molecule has 0 unspecified atom stereocenters. The van der Waals surface area contributed by atoms with Gasteiger partial charge in [0.25, 0.3) is 0 Å². The molecular formula is C16H9BrCl2F3NO. The van der Waals surface area contributed by atoms with Crippen molar-refractivity contribution in [1.82, 2.24) is 0 Å². The van der Waals surface area contributed by atoms with Gasteiger partial charge in [0.15, 0.2) is 0 Å². The third kappa shape index (κ3) is 4.75. The SMILES string of the molecule is O/N=C(/C=C(\c1cc(Cl)cc(Cl)c1)C(F)(F)F)c1ccc(Br)cc1. The van der Waals surface area contributed by atoms with Crippen LogP contribution in [0.2, 0.25) is 10.0 Å². The second-order valence-corrected chi connectivity index (χ2v) is 6.49. The lowest BCUT2D eigenvalue weighted by atomic mass is 10.0. The van der Waals surface area contributed by atoms with E-state index in [9.17, 15) is 13.2 Å². The van der Waals surface area contributed by atoms with Crippen molar-refractivity contribution in [2.45, 2.75) is 6.18 Å². The fourth-order valence-electron chi connectivity index (χ4n) is 1.97. The van der Waals surface area contributed by atoms with Gasteiger partial charge in [0, 0.05) is 20.1 Å². The van der Waals surface area contributed by atoms with Gasteiger partial charge in [-0.25, -0.2) is 0 Å². The van der Waals surface area contributed by atoms with Crippen molar-refractivity contribution in [3.05, 3.63) is 74.2 Å². The number of nitrogens with zero attached hydrogens (tertiary/aromatic N) is 1. The van der Waals surface area contributed by atoms with Crippen LogP contribution in [0, 0.1) is 0 Å². The Kier molecular flexibility index (Phi) is 5.96. The minimum absolute atomic E-state index is 0.0683. The van der Waals surface area contributed by atoms with E-state index in [2.05, 4.69) is 21.1 Å². The molecule has 0 spiro atoms. The van der Waals surface area contributed by atoms with E-state index >= 15 is 0 Å². The Morgan fingerprint density at radius 1 is 1.00 bits per heavy atom. The summed E-state index contributed by atoms with van der Waals surface area (Å²) in [7, 11) is 0. The summed E-state index contributed by atoms with van der Waals surface area (Å²) in [5, 5.41) is 12.2. The average molecular weight is 439 g/mol. The fourth-order valence-corrected chi connectivity index (χ4v) is 2.76. The normalized spacial score (nSPS) is 13.2. The number of allylic oxidation sites excluding steroid dienone is 2. The molecule has 24 heavy (non-hydrogen) atoms. The second-order valence-electron chi connectivity index (χ2n) is 4.71. The fraction of sp³-hybridized carbons (Fsp3) is 0.0625. The highest BCUT2D eigenvalue weighted by atomic mass is 79.9. The van der Waals surface area contributed by atoms with E-state index in [-0.39, 0.29) is 21.3 Å². The highest BCUT2D eigenvalue weighted by Gasteiger charge is 2.35. The number of oxime groups is 1. The Hall–Kier alpha value is -1.50. The van der Waals surface area contributed by atoms with Gasteiger partial charge in [-0.1, -0.05) is 56.4 Å². The monoisotopic (exact) mass is 437 g/mol. The third-order valence-electron chi connectivity index (χ3n) is 3.01. The van der Waals surface area contributed by atoms with Crippen LogP contribution in [0.3, 0.4) is 0 Å². The summed E-state index contributed by atoms with van der Waals surface area (Å²) >= 11 is 14.8. The van der Waals surface area contributed by atoms with E-state index in [1.54, 1.807) is 12.1 Å². The Balaban J connectivity index is 2.58. The number of alkyl halides is 3. The molecule has 8 heteroatoms. The van der Waals surface area contributed by atoms with Gasteiger partial charge in [-0.05, 0) is 42.0 Å². The third-order valence-corrected chi connectivity index (χ3v) is 3.97. The summed E-state index contributed by atoms with van der Waals surface area (Å²) < 4.78 is 41.1. The Labute approximate surface area is 154 Å². The number of hydrogen-bond donors (Lipinski definition) is 1. The quantitative estimate of drug-likeness (QED) is 0.327. The molecule has 0 heterocycles. The molecule has 0 saturated carbocycles. The molecule has 0 aliphatic rings. The molecule has 0 bridgehead atoms. The van der Waals surface area contributed by atoms with Crippen LogP contribution < -0.4 is 0 Å². The molecule has 0 aliphatic carbocycles. The number of hydrogen-bond acceptors (Lipinski definition) is 2. The Morgan fingerprint density at radius 2 is 1.54 bits per heavy atom. The maximum absolute atomic E-state index is 13.4. The van der Waals surface area contributed by atoms with Crippen molar-refractivity contribution in [2.24, 2.45) is 5.16 Å². The van der Waals surface area contributed by atoms with Gasteiger partial charge >= 0.3 is 6.18 Å². The highest BCUT2D eigenvalue weighted by Crippen LogP contribution is 2.36. The van der Waals surface area contributed by atoms with E-state index in [0.29, 0.717) is 5.56 Å². The average Bonchev–Trinajstić information content (AvgIpc) is 2.47. The summed E-state index contributed by atoms with van der Waals surface area (Å²) in [6, 6.07) is 9.90. The molecule has 126 valence electrons.